The van der Waals surface area contributed by atoms with E-state index in [4.69, 9.17) is 0 Å². The highest BCUT2D eigenvalue weighted by Gasteiger charge is 2.09. The molecule has 3 aromatic rings. The van der Waals surface area contributed by atoms with E-state index in [-0.39, 0.29) is 5.91 Å². The van der Waals surface area contributed by atoms with Crippen molar-refractivity contribution in [1.82, 2.24) is 14.9 Å². The lowest BCUT2D eigenvalue weighted by Crippen LogP contribution is -2.26. The molecule has 4 nitrogen and oxygen atoms in total. The first-order chi connectivity index (χ1) is 11.7. The molecule has 0 unspecified atom stereocenters. The van der Waals surface area contributed by atoms with Crippen LogP contribution in [0.3, 0.4) is 0 Å². The van der Waals surface area contributed by atoms with Crippen LogP contribution in [0, 0.1) is 6.92 Å². The Balaban J connectivity index is 1.56. The number of imidazole rings is 1. The van der Waals surface area contributed by atoms with E-state index in [1.165, 1.54) is 0 Å². The lowest BCUT2D eigenvalue weighted by molar-refractivity contribution is 0.0952. The molecule has 0 saturated heterocycles. The SMILES string of the molecule is CSc1ccc(C)c(C(=O)NCCCn2cnc3ccccc32)c1. The van der Waals surface area contributed by atoms with Crippen molar-refractivity contribution in [3.05, 3.63) is 59.9 Å². The summed E-state index contributed by atoms with van der Waals surface area (Å²) in [6.07, 6.45) is 4.74. The van der Waals surface area contributed by atoms with Crippen molar-refractivity contribution in [2.45, 2.75) is 24.8 Å². The minimum Gasteiger partial charge on any atom is -0.352 e. The number of fused-ring (bicyclic) bond motifs is 1. The number of hydrogen-bond acceptors (Lipinski definition) is 3. The fourth-order valence-electron chi connectivity index (χ4n) is 2.71. The molecule has 0 saturated carbocycles. The molecule has 0 radical (unpaired) electrons. The summed E-state index contributed by atoms with van der Waals surface area (Å²) in [6, 6.07) is 14.1. The van der Waals surface area contributed by atoms with Crippen LogP contribution in [0.25, 0.3) is 11.0 Å². The molecule has 0 aliphatic carbocycles. The summed E-state index contributed by atoms with van der Waals surface area (Å²) < 4.78 is 2.13. The van der Waals surface area contributed by atoms with Crippen molar-refractivity contribution in [3.8, 4) is 0 Å². The second kappa shape index (κ2) is 7.53. The molecule has 0 spiro atoms. The molecule has 0 aliphatic heterocycles. The van der Waals surface area contributed by atoms with Crippen molar-refractivity contribution >= 4 is 28.7 Å². The van der Waals surface area contributed by atoms with Crippen LogP contribution in [-0.4, -0.2) is 28.3 Å². The lowest BCUT2D eigenvalue weighted by atomic mass is 10.1. The third-order valence-electron chi connectivity index (χ3n) is 4.08. The minimum absolute atomic E-state index is 0.00103. The maximum Gasteiger partial charge on any atom is 0.251 e. The fraction of sp³-hybridized carbons (Fsp3) is 0.263. The van der Waals surface area contributed by atoms with Crippen LogP contribution < -0.4 is 5.32 Å². The number of para-hydroxylation sites is 2. The van der Waals surface area contributed by atoms with Gasteiger partial charge in [0.1, 0.15) is 0 Å². The van der Waals surface area contributed by atoms with E-state index in [9.17, 15) is 4.79 Å². The van der Waals surface area contributed by atoms with Gasteiger partial charge in [0.2, 0.25) is 0 Å². The first-order valence-corrected chi connectivity index (χ1v) is 9.24. The average molecular weight is 339 g/mol. The number of aryl methyl sites for hydroxylation is 2. The molecule has 1 heterocycles. The van der Waals surface area contributed by atoms with Crippen molar-refractivity contribution in [1.29, 1.82) is 0 Å². The van der Waals surface area contributed by atoms with Crippen molar-refractivity contribution in [2.75, 3.05) is 12.8 Å². The highest BCUT2D eigenvalue weighted by atomic mass is 32.2. The summed E-state index contributed by atoms with van der Waals surface area (Å²) >= 11 is 1.65. The number of aromatic nitrogens is 2. The summed E-state index contributed by atoms with van der Waals surface area (Å²) in [5.41, 5.74) is 3.90. The van der Waals surface area contributed by atoms with Crippen LogP contribution in [0.15, 0.2) is 53.7 Å². The molecule has 1 aromatic heterocycles. The zero-order chi connectivity index (χ0) is 16.9. The molecule has 1 N–H and O–H groups in total. The Bertz CT molecular complexity index is 857. The molecule has 0 bridgehead atoms. The van der Waals surface area contributed by atoms with Crippen LogP contribution in [0.1, 0.15) is 22.3 Å². The van der Waals surface area contributed by atoms with Gasteiger partial charge < -0.3 is 9.88 Å². The predicted molar refractivity (Wildman–Crippen MR) is 99.6 cm³/mol. The van der Waals surface area contributed by atoms with Crippen LogP contribution in [0.5, 0.6) is 0 Å². The first-order valence-electron chi connectivity index (χ1n) is 8.02. The molecule has 2 aromatic carbocycles. The maximum atomic E-state index is 12.4. The van der Waals surface area contributed by atoms with Crippen LogP contribution in [0.4, 0.5) is 0 Å². The number of hydrogen-bond donors (Lipinski definition) is 1. The zero-order valence-corrected chi connectivity index (χ0v) is 14.8. The summed E-state index contributed by atoms with van der Waals surface area (Å²) in [6.45, 7) is 3.45. The maximum absolute atomic E-state index is 12.4. The Morgan fingerprint density at radius 3 is 2.92 bits per heavy atom. The molecule has 1 amide bonds. The topological polar surface area (TPSA) is 46.9 Å². The van der Waals surface area contributed by atoms with Crippen molar-refractivity contribution in [3.63, 3.8) is 0 Å². The summed E-state index contributed by atoms with van der Waals surface area (Å²) in [5.74, 6) is -0.00103. The Labute approximate surface area is 146 Å². The Hall–Kier alpha value is -2.27. The van der Waals surface area contributed by atoms with Crippen LogP contribution in [-0.2, 0) is 6.54 Å². The summed E-state index contributed by atoms with van der Waals surface area (Å²) in [7, 11) is 0. The Morgan fingerprint density at radius 1 is 1.25 bits per heavy atom. The van der Waals surface area contributed by atoms with Gasteiger partial charge in [-0.25, -0.2) is 4.98 Å². The molecule has 3 rings (SSSR count). The molecule has 0 fully saturated rings. The number of carbonyl (C=O) groups excluding carboxylic acids is 1. The van der Waals surface area contributed by atoms with Crippen LogP contribution >= 0.6 is 11.8 Å². The van der Waals surface area contributed by atoms with Crippen molar-refractivity contribution < 1.29 is 4.79 Å². The zero-order valence-electron chi connectivity index (χ0n) is 14.0. The number of nitrogens with one attached hydrogen (secondary N) is 1. The second-order valence-corrected chi connectivity index (χ2v) is 6.60. The average Bonchev–Trinajstić information content (AvgIpc) is 3.02. The molecule has 0 aliphatic rings. The Kier molecular flexibility index (Phi) is 5.20. The van der Waals surface area contributed by atoms with Gasteiger partial charge >= 0.3 is 0 Å². The largest absolute Gasteiger partial charge is 0.352 e. The van der Waals surface area contributed by atoms with Gasteiger partial charge in [-0.2, -0.15) is 0 Å². The monoisotopic (exact) mass is 339 g/mol. The number of thioether (sulfide) groups is 1. The molecular weight excluding hydrogens is 318 g/mol. The van der Waals surface area contributed by atoms with E-state index in [2.05, 4.69) is 20.9 Å². The van der Waals surface area contributed by atoms with Gasteiger partial charge in [0.15, 0.2) is 0 Å². The number of benzene rings is 2. The third kappa shape index (κ3) is 3.62. The number of carbonyl (C=O) groups is 1. The molecule has 0 atom stereocenters. The van der Waals surface area contributed by atoms with Gasteiger partial charge in [-0.05, 0) is 49.4 Å². The highest BCUT2D eigenvalue weighted by molar-refractivity contribution is 7.98. The molecule has 5 heteroatoms. The quantitative estimate of drug-likeness (QED) is 0.547. The fourth-order valence-corrected chi connectivity index (χ4v) is 3.15. The number of rotatable bonds is 6. The molecule has 124 valence electrons. The van der Waals surface area contributed by atoms with E-state index < -0.39 is 0 Å². The second-order valence-electron chi connectivity index (χ2n) is 5.72. The van der Waals surface area contributed by atoms with Gasteiger partial charge in [-0.3, -0.25) is 4.79 Å². The first kappa shape index (κ1) is 16.6. The number of amides is 1. The van der Waals surface area contributed by atoms with E-state index in [0.29, 0.717) is 6.54 Å². The standard InChI is InChI=1S/C19H21N3OS/c1-14-8-9-15(24-2)12-16(14)19(23)20-10-5-11-22-13-21-17-6-3-4-7-18(17)22/h3-4,6-9,12-13H,5,10-11H2,1-2H3,(H,20,23). The lowest BCUT2D eigenvalue weighted by Gasteiger charge is -2.09. The number of nitrogens with zero attached hydrogens (tertiary/aromatic N) is 2. The van der Waals surface area contributed by atoms with Crippen LogP contribution in [0.2, 0.25) is 0 Å². The van der Waals surface area contributed by atoms with Gasteiger partial charge in [0.25, 0.3) is 5.91 Å². The van der Waals surface area contributed by atoms with E-state index in [1.54, 1.807) is 11.8 Å². The summed E-state index contributed by atoms with van der Waals surface area (Å²) in [5, 5.41) is 3.02. The third-order valence-corrected chi connectivity index (χ3v) is 4.80. The predicted octanol–water partition coefficient (Wildman–Crippen LogP) is 3.89. The molecular formula is C19H21N3OS. The van der Waals surface area contributed by atoms with E-state index in [1.807, 2.05) is 55.9 Å². The summed E-state index contributed by atoms with van der Waals surface area (Å²) in [4.78, 5) is 17.9. The van der Waals surface area contributed by atoms with Gasteiger partial charge in [0, 0.05) is 23.5 Å². The van der Waals surface area contributed by atoms with E-state index >= 15 is 0 Å². The minimum atomic E-state index is -0.00103. The van der Waals surface area contributed by atoms with Gasteiger partial charge in [-0.15, -0.1) is 11.8 Å². The Morgan fingerprint density at radius 2 is 2.08 bits per heavy atom. The highest BCUT2D eigenvalue weighted by Crippen LogP contribution is 2.19. The normalized spacial score (nSPS) is 10.9. The van der Waals surface area contributed by atoms with Crippen molar-refractivity contribution in [2.24, 2.45) is 0 Å². The van der Waals surface area contributed by atoms with E-state index in [0.717, 1.165) is 40.0 Å². The van der Waals surface area contributed by atoms with Gasteiger partial charge in [0.05, 0.1) is 17.4 Å². The van der Waals surface area contributed by atoms with Gasteiger partial charge in [-0.1, -0.05) is 18.2 Å². The smallest absolute Gasteiger partial charge is 0.251 e. The molecule has 24 heavy (non-hydrogen) atoms.